The van der Waals surface area contributed by atoms with Gasteiger partial charge in [0.15, 0.2) is 0 Å². The number of phenols is 2. The van der Waals surface area contributed by atoms with E-state index in [1.165, 1.54) is 0 Å². The topological polar surface area (TPSA) is 65.2 Å². The Morgan fingerprint density at radius 3 is 1.29 bits per heavy atom. The molecule has 0 aromatic heterocycles. The van der Waals surface area contributed by atoms with E-state index >= 15 is 0 Å². The van der Waals surface area contributed by atoms with Crippen LogP contribution in [-0.2, 0) is 0 Å². The van der Waals surface area contributed by atoms with E-state index in [1.54, 1.807) is 12.4 Å². The lowest BCUT2D eigenvalue weighted by Gasteiger charge is -2.10. The second-order valence-corrected chi connectivity index (χ2v) is 9.00. The van der Waals surface area contributed by atoms with Gasteiger partial charge in [0, 0.05) is 45.5 Å². The number of rotatable bonds is 5. The van der Waals surface area contributed by atoms with Gasteiger partial charge >= 0.3 is 0 Å². The summed E-state index contributed by atoms with van der Waals surface area (Å²) in [5.74, 6) is 0.425. The predicted octanol–water partition coefficient (Wildman–Crippen LogP) is 8.57. The van der Waals surface area contributed by atoms with Crippen LogP contribution in [0.25, 0.3) is 32.7 Å². The van der Waals surface area contributed by atoms with Crippen molar-refractivity contribution in [3.8, 4) is 22.6 Å². The van der Waals surface area contributed by atoms with Crippen LogP contribution in [0.1, 0.15) is 11.1 Å². The van der Waals surface area contributed by atoms with Gasteiger partial charge < -0.3 is 10.2 Å². The highest BCUT2D eigenvalue weighted by Crippen LogP contribution is 2.37. The first-order chi connectivity index (χ1) is 18.7. The van der Waals surface area contributed by atoms with E-state index in [0.717, 1.165) is 44.0 Å². The molecule has 0 aliphatic carbocycles. The summed E-state index contributed by atoms with van der Waals surface area (Å²) >= 11 is 0. The van der Waals surface area contributed by atoms with Crippen LogP contribution < -0.4 is 0 Å². The minimum Gasteiger partial charge on any atom is -0.507 e. The van der Waals surface area contributed by atoms with Gasteiger partial charge in [-0.05, 0) is 35.0 Å². The van der Waals surface area contributed by atoms with Crippen LogP contribution in [0.15, 0.2) is 131 Å². The zero-order valence-corrected chi connectivity index (χ0v) is 20.5. The van der Waals surface area contributed by atoms with Crippen molar-refractivity contribution in [2.45, 2.75) is 0 Å². The Balaban J connectivity index is 1.37. The quantitative estimate of drug-likeness (QED) is 0.237. The zero-order valence-electron chi connectivity index (χ0n) is 20.5. The molecule has 6 rings (SSSR count). The van der Waals surface area contributed by atoms with Gasteiger partial charge in [-0.25, -0.2) is 0 Å². The standard InChI is InChI=1S/C34H24N2O2/c37-33-25(19-17-23-9-1-3-11-27(23)33)21-35-31-15-7-5-13-29(31)30-14-6-8-16-32(30)36-22-26-20-18-24-10-2-4-12-28(24)34(26)38/h1-22,37-38H. The third-order valence-electron chi connectivity index (χ3n) is 6.65. The second kappa shape index (κ2) is 10.0. The number of para-hydroxylation sites is 2. The molecule has 0 heterocycles. The zero-order chi connectivity index (χ0) is 25.9. The molecule has 0 spiro atoms. The van der Waals surface area contributed by atoms with Crippen LogP contribution in [0.2, 0.25) is 0 Å². The van der Waals surface area contributed by atoms with E-state index in [4.69, 9.17) is 9.98 Å². The van der Waals surface area contributed by atoms with E-state index in [9.17, 15) is 10.2 Å². The molecule has 0 unspecified atom stereocenters. The highest BCUT2D eigenvalue weighted by Gasteiger charge is 2.10. The molecule has 0 saturated carbocycles. The van der Waals surface area contributed by atoms with Gasteiger partial charge in [-0.2, -0.15) is 0 Å². The molecule has 0 aliphatic rings. The van der Waals surface area contributed by atoms with Crippen molar-refractivity contribution in [3.63, 3.8) is 0 Å². The third kappa shape index (κ3) is 4.40. The Bertz CT molecular complexity index is 1720. The van der Waals surface area contributed by atoms with Gasteiger partial charge in [0.05, 0.1) is 11.4 Å². The summed E-state index contributed by atoms with van der Waals surface area (Å²) < 4.78 is 0. The Labute approximate surface area is 220 Å². The number of benzene rings is 6. The molecule has 0 amide bonds. The molecule has 0 bridgehead atoms. The molecular formula is C34H24N2O2. The van der Waals surface area contributed by atoms with Crippen LogP contribution in [0.5, 0.6) is 11.5 Å². The average Bonchev–Trinajstić information content (AvgIpc) is 2.97. The van der Waals surface area contributed by atoms with Crippen molar-refractivity contribution < 1.29 is 10.2 Å². The molecule has 6 aromatic rings. The Morgan fingerprint density at radius 1 is 0.421 bits per heavy atom. The molecule has 2 N–H and O–H groups in total. The summed E-state index contributed by atoms with van der Waals surface area (Å²) in [7, 11) is 0. The van der Waals surface area contributed by atoms with Gasteiger partial charge in [0.25, 0.3) is 0 Å². The van der Waals surface area contributed by atoms with Crippen LogP contribution in [0, 0.1) is 0 Å². The molecular weight excluding hydrogens is 468 g/mol. The minimum absolute atomic E-state index is 0.213. The SMILES string of the molecule is Oc1c(C=Nc2ccccc2-c2ccccc2N=Cc2ccc3ccccc3c2O)ccc2ccccc12. The lowest BCUT2D eigenvalue weighted by molar-refractivity contribution is 0.480. The lowest BCUT2D eigenvalue weighted by Crippen LogP contribution is -1.87. The molecule has 4 heteroatoms. The van der Waals surface area contributed by atoms with E-state index < -0.39 is 0 Å². The number of fused-ring (bicyclic) bond motifs is 2. The summed E-state index contributed by atoms with van der Waals surface area (Å²) in [5.41, 5.74) is 4.65. The second-order valence-electron chi connectivity index (χ2n) is 9.00. The predicted molar refractivity (Wildman–Crippen MR) is 158 cm³/mol. The highest BCUT2D eigenvalue weighted by molar-refractivity contribution is 6.00. The maximum atomic E-state index is 10.8. The highest BCUT2D eigenvalue weighted by atomic mass is 16.3. The number of aliphatic imine (C=N–C) groups is 2. The van der Waals surface area contributed by atoms with E-state index in [2.05, 4.69) is 0 Å². The number of aromatic hydroxyl groups is 2. The molecule has 38 heavy (non-hydrogen) atoms. The maximum absolute atomic E-state index is 10.8. The van der Waals surface area contributed by atoms with Crippen LogP contribution in [0.4, 0.5) is 11.4 Å². The van der Waals surface area contributed by atoms with E-state index in [-0.39, 0.29) is 11.5 Å². The van der Waals surface area contributed by atoms with Gasteiger partial charge in [-0.3, -0.25) is 9.98 Å². The van der Waals surface area contributed by atoms with Crippen LogP contribution in [-0.4, -0.2) is 22.6 Å². The average molecular weight is 493 g/mol. The minimum atomic E-state index is 0.213. The number of hydrogen-bond acceptors (Lipinski definition) is 4. The van der Waals surface area contributed by atoms with Gasteiger partial charge in [0.1, 0.15) is 11.5 Å². The fourth-order valence-corrected chi connectivity index (χ4v) is 4.66. The number of nitrogens with zero attached hydrogens (tertiary/aromatic N) is 2. The Morgan fingerprint density at radius 2 is 0.816 bits per heavy atom. The van der Waals surface area contributed by atoms with Gasteiger partial charge in [0.2, 0.25) is 0 Å². The van der Waals surface area contributed by atoms with Gasteiger partial charge in [-0.15, -0.1) is 0 Å². The fourth-order valence-electron chi connectivity index (χ4n) is 4.66. The number of hydrogen-bond donors (Lipinski definition) is 2. The third-order valence-corrected chi connectivity index (χ3v) is 6.65. The molecule has 4 nitrogen and oxygen atoms in total. The normalized spacial score (nSPS) is 11.7. The molecule has 0 fully saturated rings. The Hall–Kier alpha value is -5.22. The van der Waals surface area contributed by atoms with Crippen molar-refractivity contribution in [1.82, 2.24) is 0 Å². The molecule has 0 aliphatic heterocycles. The largest absolute Gasteiger partial charge is 0.507 e. The molecule has 0 saturated heterocycles. The summed E-state index contributed by atoms with van der Waals surface area (Å²) in [6, 6.07) is 38.9. The first kappa shape index (κ1) is 23.2. The van der Waals surface area contributed by atoms with E-state index in [1.807, 2.05) is 121 Å². The Kier molecular flexibility index (Phi) is 6.12. The van der Waals surface area contributed by atoms with Crippen molar-refractivity contribution >= 4 is 45.3 Å². The molecule has 182 valence electrons. The summed E-state index contributed by atoms with van der Waals surface area (Å²) in [6.45, 7) is 0. The van der Waals surface area contributed by atoms with Gasteiger partial charge in [-0.1, -0.05) is 97.1 Å². The van der Waals surface area contributed by atoms with Crippen LogP contribution in [0.3, 0.4) is 0 Å². The van der Waals surface area contributed by atoms with Crippen LogP contribution >= 0.6 is 0 Å². The maximum Gasteiger partial charge on any atom is 0.132 e. The fraction of sp³-hybridized carbons (Fsp3) is 0. The summed E-state index contributed by atoms with van der Waals surface area (Å²) in [6.07, 6.45) is 3.39. The van der Waals surface area contributed by atoms with E-state index in [0.29, 0.717) is 11.1 Å². The smallest absolute Gasteiger partial charge is 0.132 e. The molecule has 0 radical (unpaired) electrons. The first-order valence-electron chi connectivity index (χ1n) is 12.4. The monoisotopic (exact) mass is 492 g/mol. The summed E-state index contributed by atoms with van der Waals surface area (Å²) in [5, 5.41) is 25.1. The first-order valence-corrected chi connectivity index (χ1v) is 12.4. The molecule has 0 atom stereocenters. The molecule has 6 aromatic carbocycles. The van der Waals surface area contributed by atoms with Crippen molar-refractivity contribution in [1.29, 1.82) is 0 Å². The van der Waals surface area contributed by atoms with Crippen molar-refractivity contribution in [3.05, 3.63) is 132 Å². The lowest BCUT2D eigenvalue weighted by atomic mass is 10.0. The van der Waals surface area contributed by atoms with Crippen molar-refractivity contribution in [2.24, 2.45) is 9.98 Å². The summed E-state index contributed by atoms with van der Waals surface area (Å²) in [4.78, 5) is 9.50. The van der Waals surface area contributed by atoms with Crippen molar-refractivity contribution in [2.75, 3.05) is 0 Å². The number of phenolic OH excluding ortho intramolecular Hbond substituents is 2.